The molecule has 0 N–H and O–H groups in total. The first kappa shape index (κ1) is 16.6. The molecule has 4 rings (SSSR count). The van der Waals surface area contributed by atoms with Crippen molar-refractivity contribution in [2.45, 2.75) is 6.92 Å². The van der Waals surface area contributed by atoms with Crippen LogP contribution in [0.15, 0.2) is 18.2 Å². The molecule has 0 bridgehead atoms. The molecule has 8 heteroatoms. The molecule has 3 heterocycles. The smallest absolute Gasteiger partial charge is 0.265 e. The van der Waals surface area contributed by atoms with Crippen LogP contribution in [-0.4, -0.2) is 53.8 Å². The molecule has 0 saturated carbocycles. The SMILES string of the molecule is Cc1c(C(=O)N(C)C)sc2nc(-c3ccc4c(c3)OCCO4)c(C=O)n12. The molecule has 0 radical (unpaired) electrons. The maximum Gasteiger partial charge on any atom is 0.265 e. The molecule has 1 aliphatic heterocycles. The molecule has 3 aromatic rings. The molecular weight excluding hydrogens is 354 g/mol. The Bertz CT molecular complexity index is 1030. The second kappa shape index (κ2) is 6.14. The Morgan fingerprint density at radius 2 is 2.00 bits per heavy atom. The van der Waals surface area contributed by atoms with Gasteiger partial charge in [-0.1, -0.05) is 11.3 Å². The molecular formula is C18H17N3O4S. The van der Waals surface area contributed by atoms with Crippen molar-refractivity contribution in [3.8, 4) is 22.8 Å². The van der Waals surface area contributed by atoms with Gasteiger partial charge in [0.15, 0.2) is 22.7 Å². The average Bonchev–Trinajstić information content (AvgIpc) is 3.17. The number of rotatable bonds is 3. The lowest BCUT2D eigenvalue weighted by Crippen LogP contribution is -2.21. The molecule has 1 aliphatic rings. The number of ether oxygens (including phenoxy) is 2. The van der Waals surface area contributed by atoms with E-state index in [1.165, 1.54) is 16.2 Å². The number of hydrogen-bond acceptors (Lipinski definition) is 6. The summed E-state index contributed by atoms with van der Waals surface area (Å²) < 4.78 is 12.9. The minimum Gasteiger partial charge on any atom is -0.486 e. The summed E-state index contributed by atoms with van der Waals surface area (Å²) in [7, 11) is 3.40. The van der Waals surface area contributed by atoms with E-state index in [0.717, 1.165) is 11.8 Å². The van der Waals surface area contributed by atoms with E-state index in [4.69, 9.17) is 9.47 Å². The first-order valence-electron chi connectivity index (χ1n) is 8.10. The Hall–Kier alpha value is -2.87. The fourth-order valence-electron chi connectivity index (χ4n) is 2.98. The van der Waals surface area contributed by atoms with E-state index in [1.807, 2.05) is 25.1 Å². The van der Waals surface area contributed by atoms with Gasteiger partial charge in [0.1, 0.15) is 29.5 Å². The highest BCUT2D eigenvalue weighted by Crippen LogP contribution is 2.36. The lowest BCUT2D eigenvalue weighted by Gasteiger charge is -2.18. The molecule has 7 nitrogen and oxygen atoms in total. The molecule has 0 saturated heterocycles. The van der Waals surface area contributed by atoms with Gasteiger partial charge in [0.25, 0.3) is 5.91 Å². The van der Waals surface area contributed by atoms with Gasteiger partial charge in [-0.15, -0.1) is 0 Å². The number of hydrogen-bond donors (Lipinski definition) is 0. The summed E-state index contributed by atoms with van der Waals surface area (Å²) in [4.78, 5) is 31.5. The van der Waals surface area contributed by atoms with Crippen molar-refractivity contribution in [1.29, 1.82) is 0 Å². The van der Waals surface area contributed by atoms with E-state index >= 15 is 0 Å². The predicted octanol–water partition coefficient (Wildman–Crippen LogP) is 2.66. The number of benzene rings is 1. The van der Waals surface area contributed by atoms with Gasteiger partial charge in [-0.25, -0.2) is 4.98 Å². The fraction of sp³-hybridized carbons (Fsp3) is 0.278. The van der Waals surface area contributed by atoms with Crippen LogP contribution in [-0.2, 0) is 0 Å². The lowest BCUT2D eigenvalue weighted by atomic mass is 10.1. The van der Waals surface area contributed by atoms with E-state index < -0.39 is 0 Å². The highest BCUT2D eigenvalue weighted by molar-refractivity contribution is 7.19. The van der Waals surface area contributed by atoms with Gasteiger partial charge < -0.3 is 14.4 Å². The van der Waals surface area contributed by atoms with E-state index in [-0.39, 0.29) is 5.91 Å². The monoisotopic (exact) mass is 371 g/mol. The van der Waals surface area contributed by atoms with Crippen molar-refractivity contribution in [2.24, 2.45) is 0 Å². The molecule has 0 aliphatic carbocycles. The number of nitrogens with zero attached hydrogens (tertiary/aromatic N) is 3. The zero-order chi connectivity index (χ0) is 18.4. The van der Waals surface area contributed by atoms with Crippen LogP contribution in [0.5, 0.6) is 11.5 Å². The van der Waals surface area contributed by atoms with Crippen molar-refractivity contribution in [3.63, 3.8) is 0 Å². The van der Waals surface area contributed by atoms with Gasteiger partial charge in [-0.2, -0.15) is 0 Å². The fourth-order valence-corrected chi connectivity index (χ4v) is 4.14. The van der Waals surface area contributed by atoms with Crippen molar-refractivity contribution in [2.75, 3.05) is 27.3 Å². The summed E-state index contributed by atoms with van der Waals surface area (Å²) in [5.41, 5.74) is 2.47. The Balaban J connectivity index is 1.87. The highest BCUT2D eigenvalue weighted by atomic mass is 32.1. The number of carbonyl (C=O) groups excluding carboxylic acids is 2. The van der Waals surface area contributed by atoms with Crippen molar-refractivity contribution >= 4 is 28.5 Å². The van der Waals surface area contributed by atoms with Crippen LogP contribution in [0, 0.1) is 6.92 Å². The third kappa shape index (κ3) is 2.45. The highest BCUT2D eigenvalue weighted by Gasteiger charge is 2.24. The van der Waals surface area contributed by atoms with Gasteiger partial charge in [-0.05, 0) is 25.1 Å². The van der Waals surface area contributed by atoms with E-state index in [9.17, 15) is 9.59 Å². The molecule has 26 heavy (non-hydrogen) atoms. The third-order valence-corrected chi connectivity index (χ3v) is 5.40. The summed E-state index contributed by atoms with van der Waals surface area (Å²) >= 11 is 1.28. The summed E-state index contributed by atoms with van der Waals surface area (Å²) in [5, 5.41) is 0. The van der Waals surface area contributed by atoms with Crippen LogP contribution in [0.1, 0.15) is 25.9 Å². The van der Waals surface area contributed by atoms with Crippen LogP contribution in [0.2, 0.25) is 0 Å². The number of aryl methyl sites for hydroxylation is 1. The quantitative estimate of drug-likeness (QED) is 0.662. The van der Waals surface area contributed by atoms with Gasteiger partial charge >= 0.3 is 0 Å². The second-order valence-corrected chi connectivity index (χ2v) is 7.13. The van der Waals surface area contributed by atoms with Gasteiger partial charge in [0.05, 0.1) is 0 Å². The van der Waals surface area contributed by atoms with Crippen molar-refractivity contribution in [1.82, 2.24) is 14.3 Å². The molecule has 1 amide bonds. The van der Waals surface area contributed by atoms with E-state index in [2.05, 4.69) is 4.98 Å². The standard InChI is InChI=1S/C18H17N3O4S/c1-10-16(17(23)20(2)3)26-18-19-15(12(9-22)21(10)18)11-4-5-13-14(8-11)25-7-6-24-13/h4-5,8-9H,6-7H2,1-3H3. The summed E-state index contributed by atoms with van der Waals surface area (Å²) in [6.07, 6.45) is 0.774. The maximum atomic E-state index is 12.3. The molecule has 134 valence electrons. The largest absolute Gasteiger partial charge is 0.486 e. The molecule has 2 aromatic heterocycles. The molecule has 0 spiro atoms. The minimum absolute atomic E-state index is 0.101. The Labute approximate surface area is 153 Å². The molecule has 0 atom stereocenters. The summed E-state index contributed by atoms with van der Waals surface area (Å²) in [5.74, 6) is 1.22. The number of carbonyl (C=O) groups is 2. The zero-order valence-electron chi connectivity index (χ0n) is 14.6. The predicted molar refractivity (Wildman–Crippen MR) is 97.6 cm³/mol. The zero-order valence-corrected chi connectivity index (χ0v) is 15.4. The van der Waals surface area contributed by atoms with E-state index in [1.54, 1.807) is 18.5 Å². The Kier molecular flexibility index (Phi) is 3.91. The lowest BCUT2D eigenvalue weighted by molar-refractivity contribution is 0.0831. The first-order chi connectivity index (χ1) is 12.5. The molecule has 1 aromatic carbocycles. The van der Waals surface area contributed by atoms with Gasteiger partial charge in [0, 0.05) is 25.4 Å². The second-order valence-electron chi connectivity index (χ2n) is 6.16. The average molecular weight is 371 g/mol. The number of aromatic nitrogens is 2. The summed E-state index contributed by atoms with van der Waals surface area (Å²) in [6.45, 7) is 2.83. The molecule has 0 unspecified atom stereocenters. The Morgan fingerprint density at radius 3 is 2.69 bits per heavy atom. The Morgan fingerprint density at radius 1 is 1.27 bits per heavy atom. The third-order valence-electron chi connectivity index (χ3n) is 4.27. The van der Waals surface area contributed by atoms with Crippen LogP contribution < -0.4 is 9.47 Å². The minimum atomic E-state index is -0.101. The van der Waals surface area contributed by atoms with Crippen molar-refractivity contribution in [3.05, 3.63) is 34.5 Å². The van der Waals surface area contributed by atoms with Crippen LogP contribution in [0.25, 0.3) is 16.2 Å². The first-order valence-corrected chi connectivity index (χ1v) is 8.91. The number of imidazole rings is 1. The van der Waals surface area contributed by atoms with Crippen LogP contribution in [0.3, 0.4) is 0 Å². The topological polar surface area (TPSA) is 73.1 Å². The number of aldehydes is 1. The number of amides is 1. The van der Waals surface area contributed by atoms with E-state index in [0.29, 0.717) is 51.6 Å². The number of fused-ring (bicyclic) bond motifs is 2. The summed E-state index contributed by atoms with van der Waals surface area (Å²) in [6, 6.07) is 5.50. The van der Waals surface area contributed by atoms with Crippen LogP contribution >= 0.6 is 11.3 Å². The van der Waals surface area contributed by atoms with Gasteiger partial charge in [0.2, 0.25) is 0 Å². The van der Waals surface area contributed by atoms with Crippen molar-refractivity contribution < 1.29 is 19.1 Å². The van der Waals surface area contributed by atoms with Crippen LogP contribution in [0.4, 0.5) is 0 Å². The normalized spacial score (nSPS) is 13.0. The maximum absolute atomic E-state index is 12.3. The molecule has 0 fully saturated rings. The number of thiazole rings is 1. The van der Waals surface area contributed by atoms with Gasteiger partial charge in [-0.3, -0.25) is 14.0 Å².